The number of nitrogens with one attached hydrogen (secondary N) is 3. The van der Waals surface area contributed by atoms with Crippen molar-refractivity contribution in [2.24, 2.45) is 0 Å². The number of hydrogen-bond acceptors (Lipinski definition) is 4. The fraction of sp³-hybridized carbons (Fsp3) is 0.176. The lowest BCUT2D eigenvalue weighted by Crippen LogP contribution is -2.38. The van der Waals surface area contributed by atoms with E-state index in [-0.39, 0.29) is 24.9 Å². The SMILES string of the molecule is O=C(CNC(=O)c1cc2ccccc2[nH]1)NCC(O)c1ccsc1. The first kappa shape index (κ1) is 16.2. The number of fused-ring (bicyclic) bond motifs is 1. The number of thiophene rings is 1. The zero-order chi connectivity index (χ0) is 16.9. The van der Waals surface area contributed by atoms with Gasteiger partial charge in [0.05, 0.1) is 12.6 Å². The standard InChI is InChI=1S/C17H17N3O3S/c21-15(12-5-6-24-10-12)8-18-16(22)9-19-17(23)14-7-11-3-1-2-4-13(11)20-14/h1-7,10,15,20-21H,8-9H2,(H,18,22)(H,19,23). The van der Waals surface area contributed by atoms with Gasteiger partial charge in [-0.05, 0) is 34.5 Å². The summed E-state index contributed by atoms with van der Waals surface area (Å²) in [4.78, 5) is 26.9. The molecule has 24 heavy (non-hydrogen) atoms. The number of aromatic amines is 1. The second-order valence-electron chi connectivity index (χ2n) is 5.33. The van der Waals surface area contributed by atoms with Gasteiger partial charge in [0, 0.05) is 17.4 Å². The Morgan fingerprint density at radius 1 is 1.21 bits per heavy atom. The number of aliphatic hydroxyl groups is 1. The lowest BCUT2D eigenvalue weighted by atomic mass is 10.2. The molecule has 0 spiro atoms. The fourth-order valence-electron chi connectivity index (χ4n) is 2.31. The van der Waals surface area contributed by atoms with E-state index in [9.17, 15) is 14.7 Å². The van der Waals surface area contributed by atoms with Gasteiger partial charge >= 0.3 is 0 Å². The second-order valence-corrected chi connectivity index (χ2v) is 6.11. The van der Waals surface area contributed by atoms with Gasteiger partial charge in [0.1, 0.15) is 5.69 Å². The smallest absolute Gasteiger partial charge is 0.268 e. The van der Waals surface area contributed by atoms with Crippen LogP contribution in [0.4, 0.5) is 0 Å². The second kappa shape index (κ2) is 7.29. The molecule has 0 bridgehead atoms. The summed E-state index contributed by atoms with van der Waals surface area (Å²) in [7, 11) is 0. The van der Waals surface area contributed by atoms with E-state index in [1.165, 1.54) is 11.3 Å². The highest BCUT2D eigenvalue weighted by Crippen LogP contribution is 2.15. The Hall–Kier alpha value is -2.64. The third-order valence-electron chi connectivity index (χ3n) is 3.60. The van der Waals surface area contributed by atoms with Crippen molar-refractivity contribution in [3.63, 3.8) is 0 Å². The molecular weight excluding hydrogens is 326 g/mol. The molecule has 2 heterocycles. The molecule has 0 aliphatic carbocycles. The quantitative estimate of drug-likeness (QED) is 0.550. The topological polar surface area (TPSA) is 94.2 Å². The van der Waals surface area contributed by atoms with Crippen LogP contribution in [0.15, 0.2) is 47.2 Å². The van der Waals surface area contributed by atoms with Gasteiger partial charge in [-0.25, -0.2) is 0 Å². The molecule has 3 rings (SSSR count). The number of amides is 2. The predicted octanol–water partition coefficient (Wildman–Crippen LogP) is 1.81. The van der Waals surface area contributed by atoms with Crippen molar-refractivity contribution in [3.8, 4) is 0 Å². The van der Waals surface area contributed by atoms with Gasteiger partial charge in [-0.2, -0.15) is 11.3 Å². The van der Waals surface area contributed by atoms with E-state index >= 15 is 0 Å². The molecule has 2 aromatic heterocycles. The summed E-state index contributed by atoms with van der Waals surface area (Å²) >= 11 is 1.48. The molecule has 0 radical (unpaired) electrons. The average Bonchev–Trinajstić information content (AvgIpc) is 3.26. The maximum Gasteiger partial charge on any atom is 0.268 e. The van der Waals surface area contributed by atoms with Gasteiger partial charge in [0.15, 0.2) is 0 Å². The first-order valence-electron chi connectivity index (χ1n) is 7.46. The first-order chi connectivity index (χ1) is 11.6. The number of rotatable bonds is 6. The third-order valence-corrected chi connectivity index (χ3v) is 4.31. The Labute approximate surface area is 142 Å². The first-order valence-corrected chi connectivity index (χ1v) is 8.40. The summed E-state index contributed by atoms with van der Waals surface area (Å²) in [6.45, 7) is -0.0393. The molecular formula is C17H17N3O3S. The van der Waals surface area contributed by atoms with E-state index in [2.05, 4.69) is 15.6 Å². The Morgan fingerprint density at radius 2 is 2.04 bits per heavy atom. The van der Waals surface area contributed by atoms with Crippen LogP contribution < -0.4 is 10.6 Å². The number of carbonyl (C=O) groups is 2. The normalized spacial score (nSPS) is 12.0. The van der Waals surface area contributed by atoms with Crippen LogP contribution in [0, 0.1) is 0 Å². The van der Waals surface area contributed by atoms with Crippen molar-refractivity contribution in [1.29, 1.82) is 0 Å². The number of aromatic nitrogens is 1. The number of H-pyrrole nitrogens is 1. The minimum Gasteiger partial charge on any atom is -0.387 e. The monoisotopic (exact) mass is 343 g/mol. The van der Waals surface area contributed by atoms with Crippen LogP contribution in [0.1, 0.15) is 22.2 Å². The van der Waals surface area contributed by atoms with Crippen molar-refractivity contribution in [3.05, 3.63) is 58.4 Å². The summed E-state index contributed by atoms with van der Waals surface area (Å²) in [5, 5.41) is 19.7. The maximum absolute atomic E-state index is 12.1. The van der Waals surface area contributed by atoms with Gasteiger partial charge in [0.25, 0.3) is 5.91 Å². The largest absolute Gasteiger partial charge is 0.387 e. The van der Waals surface area contributed by atoms with Crippen molar-refractivity contribution < 1.29 is 14.7 Å². The number of para-hydroxylation sites is 1. The van der Waals surface area contributed by atoms with Gasteiger partial charge in [-0.3, -0.25) is 9.59 Å². The Balaban J connectivity index is 1.48. The van der Waals surface area contributed by atoms with E-state index in [1.807, 2.05) is 35.0 Å². The Bertz CT molecular complexity index is 809. The highest BCUT2D eigenvalue weighted by Gasteiger charge is 2.12. The molecule has 0 fully saturated rings. The lowest BCUT2D eigenvalue weighted by Gasteiger charge is -2.10. The van der Waals surface area contributed by atoms with Crippen molar-refractivity contribution in [1.82, 2.24) is 15.6 Å². The maximum atomic E-state index is 12.1. The van der Waals surface area contributed by atoms with E-state index in [0.717, 1.165) is 16.5 Å². The number of benzene rings is 1. The molecule has 124 valence electrons. The van der Waals surface area contributed by atoms with Crippen LogP contribution in [0.2, 0.25) is 0 Å². The van der Waals surface area contributed by atoms with Crippen molar-refractivity contribution in [2.45, 2.75) is 6.10 Å². The van der Waals surface area contributed by atoms with E-state index in [1.54, 1.807) is 12.1 Å². The molecule has 2 amide bonds. The Morgan fingerprint density at radius 3 is 2.79 bits per heavy atom. The van der Waals surface area contributed by atoms with Crippen LogP contribution in [-0.2, 0) is 4.79 Å². The Kier molecular flexibility index (Phi) is 4.93. The molecule has 1 atom stereocenters. The average molecular weight is 343 g/mol. The van der Waals surface area contributed by atoms with E-state index in [0.29, 0.717) is 5.69 Å². The van der Waals surface area contributed by atoms with E-state index in [4.69, 9.17) is 0 Å². The number of aliphatic hydroxyl groups excluding tert-OH is 1. The molecule has 0 aliphatic heterocycles. The molecule has 4 N–H and O–H groups in total. The highest BCUT2D eigenvalue weighted by atomic mass is 32.1. The van der Waals surface area contributed by atoms with Crippen LogP contribution in [-0.4, -0.2) is 35.0 Å². The summed E-state index contributed by atoms with van der Waals surface area (Å²) in [5.74, 6) is -0.700. The van der Waals surface area contributed by atoms with Gasteiger partial charge in [-0.15, -0.1) is 0 Å². The summed E-state index contributed by atoms with van der Waals surface area (Å²) in [5.41, 5.74) is 2.04. The highest BCUT2D eigenvalue weighted by molar-refractivity contribution is 7.07. The minimum atomic E-state index is -0.746. The zero-order valence-corrected chi connectivity index (χ0v) is 13.6. The van der Waals surface area contributed by atoms with Crippen LogP contribution >= 0.6 is 11.3 Å². The predicted molar refractivity (Wildman–Crippen MR) is 92.9 cm³/mol. The van der Waals surface area contributed by atoms with E-state index < -0.39 is 6.10 Å². The fourth-order valence-corrected chi connectivity index (χ4v) is 3.01. The lowest BCUT2D eigenvalue weighted by molar-refractivity contribution is -0.120. The molecule has 0 aliphatic rings. The zero-order valence-electron chi connectivity index (χ0n) is 12.8. The molecule has 7 heteroatoms. The summed E-state index contributed by atoms with van der Waals surface area (Å²) in [6, 6.07) is 11.1. The molecule has 1 aromatic carbocycles. The van der Waals surface area contributed by atoms with Crippen molar-refractivity contribution in [2.75, 3.05) is 13.1 Å². The molecule has 1 unspecified atom stereocenters. The van der Waals surface area contributed by atoms with Crippen molar-refractivity contribution >= 4 is 34.1 Å². The van der Waals surface area contributed by atoms with Gasteiger partial charge in [0.2, 0.25) is 5.91 Å². The summed E-state index contributed by atoms with van der Waals surface area (Å²) < 4.78 is 0. The molecule has 0 saturated carbocycles. The number of hydrogen-bond donors (Lipinski definition) is 4. The van der Waals surface area contributed by atoms with Crippen LogP contribution in [0.25, 0.3) is 10.9 Å². The molecule has 0 saturated heterocycles. The summed E-state index contributed by atoms with van der Waals surface area (Å²) in [6.07, 6.45) is -0.746. The van der Waals surface area contributed by atoms with Gasteiger partial charge in [-0.1, -0.05) is 18.2 Å². The van der Waals surface area contributed by atoms with Gasteiger partial charge < -0.3 is 20.7 Å². The van der Waals surface area contributed by atoms with Crippen LogP contribution in [0.5, 0.6) is 0 Å². The molecule has 3 aromatic rings. The third kappa shape index (κ3) is 3.81. The minimum absolute atomic E-state index is 0.109. The van der Waals surface area contributed by atoms with Crippen LogP contribution in [0.3, 0.4) is 0 Å². The number of carbonyl (C=O) groups excluding carboxylic acids is 2. The molecule has 6 nitrogen and oxygen atoms in total.